The van der Waals surface area contributed by atoms with Crippen LogP contribution in [0.1, 0.15) is 28.5 Å². The number of ether oxygens (including phenoxy) is 1. The van der Waals surface area contributed by atoms with Crippen molar-refractivity contribution in [1.29, 1.82) is 5.26 Å². The maximum atomic E-state index is 12.7. The van der Waals surface area contributed by atoms with Crippen LogP contribution in [0.5, 0.6) is 5.75 Å². The highest BCUT2D eigenvalue weighted by molar-refractivity contribution is 5.43. The van der Waals surface area contributed by atoms with Gasteiger partial charge in [-0.15, -0.1) is 0 Å². The average molecular weight is 290 g/mol. The van der Waals surface area contributed by atoms with Crippen LogP contribution < -0.4 is 4.74 Å². The van der Waals surface area contributed by atoms with E-state index in [-0.39, 0.29) is 5.69 Å². The number of rotatable bonds is 1. The Morgan fingerprint density at radius 1 is 1.24 bits per heavy atom. The molecule has 1 unspecified atom stereocenters. The summed E-state index contributed by atoms with van der Waals surface area (Å²) in [6.07, 6.45) is -2.92. The molecule has 0 amide bonds. The molecule has 0 spiro atoms. The summed E-state index contributed by atoms with van der Waals surface area (Å²) in [5, 5.41) is 8.83. The topological polar surface area (TPSA) is 45.9 Å². The molecule has 1 atom stereocenters. The second kappa shape index (κ2) is 4.77. The van der Waals surface area contributed by atoms with E-state index in [4.69, 9.17) is 10.00 Å². The van der Waals surface area contributed by atoms with Gasteiger partial charge in [-0.1, -0.05) is 0 Å². The van der Waals surface area contributed by atoms with E-state index in [1.807, 2.05) is 6.07 Å². The van der Waals surface area contributed by atoms with Crippen LogP contribution in [-0.2, 0) is 12.6 Å². The summed E-state index contributed by atoms with van der Waals surface area (Å²) in [4.78, 5) is 3.86. The summed E-state index contributed by atoms with van der Waals surface area (Å²) in [7, 11) is 0. The first kappa shape index (κ1) is 13.4. The van der Waals surface area contributed by atoms with Gasteiger partial charge in [-0.25, -0.2) is 4.98 Å². The van der Waals surface area contributed by atoms with Crippen molar-refractivity contribution >= 4 is 0 Å². The van der Waals surface area contributed by atoms with Crippen LogP contribution in [0.4, 0.5) is 13.2 Å². The molecule has 106 valence electrons. The SMILES string of the molecule is N#Cc1cc(C2Cc3cc(C(F)(F)F)ccc3O2)ccn1. The Kier molecular flexibility index (Phi) is 3.05. The highest BCUT2D eigenvalue weighted by Gasteiger charge is 2.33. The molecular formula is C15H9F3N2O. The summed E-state index contributed by atoms with van der Waals surface area (Å²) < 4.78 is 43.7. The molecule has 1 aromatic heterocycles. The number of hydrogen-bond acceptors (Lipinski definition) is 3. The Morgan fingerprint density at radius 3 is 2.76 bits per heavy atom. The Labute approximate surface area is 118 Å². The first-order chi connectivity index (χ1) is 9.97. The fourth-order valence-electron chi connectivity index (χ4n) is 2.32. The fraction of sp³-hybridized carbons (Fsp3) is 0.200. The largest absolute Gasteiger partial charge is 0.485 e. The van der Waals surface area contributed by atoms with E-state index in [0.29, 0.717) is 17.7 Å². The highest BCUT2D eigenvalue weighted by atomic mass is 19.4. The summed E-state index contributed by atoms with van der Waals surface area (Å²) in [6.45, 7) is 0. The molecule has 2 heterocycles. The number of fused-ring (bicyclic) bond motifs is 1. The number of pyridine rings is 1. The van der Waals surface area contributed by atoms with Gasteiger partial charge in [0, 0.05) is 12.6 Å². The predicted molar refractivity (Wildman–Crippen MR) is 67.5 cm³/mol. The third-order valence-electron chi connectivity index (χ3n) is 3.33. The number of nitriles is 1. The Hall–Kier alpha value is -2.55. The van der Waals surface area contributed by atoms with Crippen molar-refractivity contribution in [2.75, 3.05) is 0 Å². The standard InChI is InChI=1S/C15H9F3N2O/c16-15(17,18)11-1-2-13-10(5-11)7-14(21-13)9-3-4-20-12(6-9)8-19/h1-6,14H,7H2. The monoisotopic (exact) mass is 290 g/mol. The van der Waals surface area contributed by atoms with Crippen LogP contribution in [0.15, 0.2) is 36.5 Å². The Morgan fingerprint density at radius 2 is 2.05 bits per heavy atom. The molecule has 21 heavy (non-hydrogen) atoms. The van der Waals surface area contributed by atoms with Gasteiger partial charge in [-0.2, -0.15) is 18.4 Å². The number of halogens is 3. The normalized spacial score (nSPS) is 17.0. The van der Waals surface area contributed by atoms with Gasteiger partial charge in [0.05, 0.1) is 5.56 Å². The van der Waals surface area contributed by atoms with Crippen LogP contribution in [0.2, 0.25) is 0 Å². The molecule has 0 N–H and O–H groups in total. The summed E-state index contributed by atoms with van der Waals surface area (Å²) in [6, 6.07) is 8.67. The van der Waals surface area contributed by atoms with Gasteiger partial charge >= 0.3 is 6.18 Å². The van der Waals surface area contributed by atoms with Crippen molar-refractivity contribution in [3.05, 3.63) is 58.9 Å². The van der Waals surface area contributed by atoms with E-state index in [2.05, 4.69) is 4.98 Å². The summed E-state index contributed by atoms with van der Waals surface area (Å²) in [5.74, 6) is 0.448. The third-order valence-corrected chi connectivity index (χ3v) is 3.33. The van der Waals surface area contributed by atoms with Crippen LogP contribution >= 0.6 is 0 Å². The van der Waals surface area contributed by atoms with Crippen molar-refractivity contribution < 1.29 is 17.9 Å². The first-order valence-corrected chi connectivity index (χ1v) is 6.20. The van der Waals surface area contributed by atoms with Crippen LogP contribution in [0.25, 0.3) is 0 Å². The quantitative estimate of drug-likeness (QED) is 0.805. The average Bonchev–Trinajstić information content (AvgIpc) is 2.89. The van der Waals surface area contributed by atoms with E-state index >= 15 is 0 Å². The Balaban J connectivity index is 1.89. The molecule has 1 aliphatic heterocycles. The lowest BCUT2D eigenvalue weighted by Crippen LogP contribution is -2.04. The number of hydrogen-bond donors (Lipinski definition) is 0. The zero-order valence-corrected chi connectivity index (χ0v) is 10.7. The van der Waals surface area contributed by atoms with E-state index in [1.54, 1.807) is 12.1 Å². The molecule has 6 heteroatoms. The fourth-order valence-corrected chi connectivity index (χ4v) is 2.32. The van der Waals surface area contributed by atoms with E-state index < -0.39 is 17.8 Å². The number of alkyl halides is 3. The lowest BCUT2D eigenvalue weighted by Gasteiger charge is -2.10. The molecule has 0 saturated heterocycles. The lowest BCUT2D eigenvalue weighted by atomic mass is 10.0. The van der Waals surface area contributed by atoms with Gasteiger partial charge in [0.25, 0.3) is 0 Å². The number of aromatic nitrogens is 1. The first-order valence-electron chi connectivity index (χ1n) is 6.20. The molecule has 1 aromatic carbocycles. The third kappa shape index (κ3) is 2.55. The molecule has 0 aliphatic carbocycles. The maximum Gasteiger partial charge on any atom is 0.416 e. The van der Waals surface area contributed by atoms with E-state index in [0.717, 1.165) is 17.7 Å². The van der Waals surface area contributed by atoms with E-state index in [9.17, 15) is 13.2 Å². The van der Waals surface area contributed by atoms with Gasteiger partial charge < -0.3 is 4.74 Å². The van der Waals surface area contributed by atoms with Crippen LogP contribution in [-0.4, -0.2) is 4.98 Å². The molecule has 3 rings (SSSR count). The molecular weight excluding hydrogens is 281 g/mol. The smallest absolute Gasteiger partial charge is 0.416 e. The number of benzene rings is 1. The van der Waals surface area contributed by atoms with Crippen LogP contribution in [0.3, 0.4) is 0 Å². The second-order valence-electron chi connectivity index (χ2n) is 4.72. The number of nitrogens with zero attached hydrogens (tertiary/aromatic N) is 2. The molecule has 3 nitrogen and oxygen atoms in total. The minimum Gasteiger partial charge on any atom is -0.485 e. The zero-order chi connectivity index (χ0) is 15.0. The minimum atomic E-state index is -4.36. The lowest BCUT2D eigenvalue weighted by molar-refractivity contribution is -0.137. The molecule has 2 aromatic rings. The van der Waals surface area contributed by atoms with E-state index in [1.165, 1.54) is 12.3 Å². The van der Waals surface area contributed by atoms with Crippen molar-refractivity contribution in [1.82, 2.24) is 4.98 Å². The summed E-state index contributed by atoms with van der Waals surface area (Å²) >= 11 is 0. The van der Waals surface area contributed by atoms with Crippen LogP contribution in [0, 0.1) is 11.3 Å². The van der Waals surface area contributed by atoms with Crippen molar-refractivity contribution in [2.45, 2.75) is 18.7 Å². The Bertz CT molecular complexity index is 734. The predicted octanol–water partition coefficient (Wildman–Crippen LogP) is 3.65. The van der Waals surface area contributed by atoms with Gasteiger partial charge in [0.2, 0.25) is 0 Å². The molecule has 0 saturated carbocycles. The van der Waals surface area contributed by atoms with Gasteiger partial charge in [-0.05, 0) is 41.5 Å². The molecule has 0 fully saturated rings. The van der Waals surface area contributed by atoms with Crippen molar-refractivity contribution in [3.63, 3.8) is 0 Å². The highest BCUT2D eigenvalue weighted by Crippen LogP contribution is 2.40. The molecule has 1 aliphatic rings. The van der Waals surface area contributed by atoms with Gasteiger partial charge in [-0.3, -0.25) is 0 Å². The molecule has 0 radical (unpaired) electrons. The second-order valence-corrected chi connectivity index (χ2v) is 4.72. The van der Waals surface area contributed by atoms with Crippen molar-refractivity contribution in [2.24, 2.45) is 0 Å². The molecule has 0 bridgehead atoms. The van der Waals surface area contributed by atoms with Gasteiger partial charge in [0.15, 0.2) is 0 Å². The zero-order valence-electron chi connectivity index (χ0n) is 10.7. The van der Waals surface area contributed by atoms with Gasteiger partial charge in [0.1, 0.15) is 23.6 Å². The maximum absolute atomic E-state index is 12.7. The van der Waals surface area contributed by atoms with Crippen molar-refractivity contribution in [3.8, 4) is 11.8 Å². The summed E-state index contributed by atoms with van der Waals surface area (Å²) in [5.41, 5.74) is 0.817. The minimum absolute atomic E-state index is 0.253.